The van der Waals surface area contributed by atoms with E-state index in [1.165, 1.54) is 0 Å². The van der Waals surface area contributed by atoms with Crippen molar-refractivity contribution < 1.29 is 4.74 Å². The van der Waals surface area contributed by atoms with Crippen molar-refractivity contribution in [1.82, 2.24) is 0 Å². The number of benzene rings is 2. The second-order valence-corrected chi connectivity index (χ2v) is 6.05. The summed E-state index contributed by atoms with van der Waals surface area (Å²) in [6, 6.07) is 13.5. The van der Waals surface area contributed by atoms with E-state index in [1.54, 1.807) is 6.07 Å². The summed E-state index contributed by atoms with van der Waals surface area (Å²) < 4.78 is 6.72. The van der Waals surface area contributed by atoms with Crippen molar-refractivity contribution in [2.75, 3.05) is 0 Å². The van der Waals surface area contributed by atoms with Crippen molar-refractivity contribution >= 4 is 44.7 Å². The Morgan fingerprint density at radius 3 is 2.45 bits per heavy atom. The van der Waals surface area contributed by atoms with Crippen LogP contribution in [-0.4, -0.2) is 4.99 Å². The van der Waals surface area contributed by atoms with Gasteiger partial charge in [0.2, 0.25) is 0 Å². The lowest BCUT2D eigenvalue weighted by Crippen LogP contribution is -2.09. The fourth-order valence-corrected chi connectivity index (χ4v) is 2.30. The van der Waals surface area contributed by atoms with Gasteiger partial charge in [0.25, 0.3) is 0 Å². The molecule has 20 heavy (non-hydrogen) atoms. The monoisotopic (exact) mass is 369 g/mol. The summed E-state index contributed by atoms with van der Waals surface area (Å²) in [5.41, 5.74) is 8.36. The van der Waals surface area contributed by atoms with E-state index < -0.39 is 0 Å². The lowest BCUT2D eigenvalue weighted by molar-refractivity contribution is 0.107. The average molecular weight is 371 g/mol. The molecule has 0 saturated carbocycles. The molecule has 2 N–H and O–H groups in total. The molecule has 5 heteroatoms. The SMILES string of the molecule is NC(=S)c1ccc(COCc2ccc(Br)cc2)c(Cl)c1. The van der Waals surface area contributed by atoms with E-state index >= 15 is 0 Å². The normalized spacial score (nSPS) is 10.5. The van der Waals surface area contributed by atoms with Crippen molar-refractivity contribution in [1.29, 1.82) is 0 Å². The molecule has 0 aliphatic carbocycles. The summed E-state index contributed by atoms with van der Waals surface area (Å²) in [6.07, 6.45) is 0. The maximum Gasteiger partial charge on any atom is 0.104 e. The maximum absolute atomic E-state index is 6.17. The molecule has 0 unspecified atom stereocenters. The molecule has 2 rings (SSSR count). The Morgan fingerprint density at radius 2 is 1.85 bits per heavy atom. The van der Waals surface area contributed by atoms with E-state index in [0.717, 1.165) is 21.2 Å². The quantitative estimate of drug-likeness (QED) is 0.790. The smallest absolute Gasteiger partial charge is 0.104 e. The summed E-state index contributed by atoms with van der Waals surface area (Å²) in [5.74, 6) is 0. The minimum atomic E-state index is 0.342. The van der Waals surface area contributed by atoms with E-state index in [0.29, 0.717) is 23.2 Å². The third kappa shape index (κ3) is 4.28. The lowest BCUT2D eigenvalue weighted by Gasteiger charge is -2.08. The van der Waals surface area contributed by atoms with Gasteiger partial charge in [-0.2, -0.15) is 0 Å². The molecule has 0 spiro atoms. The zero-order valence-corrected chi connectivity index (χ0v) is 13.8. The Morgan fingerprint density at radius 1 is 1.15 bits per heavy atom. The van der Waals surface area contributed by atoms with Gasteiger partial charge in [-0.05, 0) is 29.3 Å². The predicted octanol–water partition coefficient (Wildman–Crippen LogP) is 4.45. The summed E-state index contributed by atoms with van der Waals surface area (Å²) in [5, 5.41) is 0.617. The lowest BCUT2D eigenvalue weighted by atomic mass is 10.1. The van der Waals surface area contributed by atoms with Crippen LogP contribution in [0.1, 0.15) is 16.7 Å². The van der Waals surface area contributed by atoms with Crippen LogP contribution in [0.25, 0.3) is 0 Å². The number of hydrogen-bond donors (Lipinski definition) is 1. The number of rotatable bonds is 5. The van der Waals surface area contributed by atoms with Gasteiger partial charge in [0, 0.05) is 15.1 Å². The Kier molecular flexibility index (Phi) is 5.54. The van der Waals surface area contributed by atoms with Crippen LogP contribution < -0.4 is 5.73 Å². The van der Waals surface area contributed by atoms with Crippen molar-refractivity contribution in [2.45, 2.75) is 13.2 Å². The Labute approximate surface area is 137 Å². The zero-order valence-electron chi connectivity index (χ0n) is 10.6. The van der Waals surface area contributed by atoms with E-state index in [2.05, 4.69) is 15.9 Å². The van der Waals surface area contributed by atoms with Crippen LogP contribution in [0, 0.1) is 0 Å². The van der Waals surface area contributed by atoms with Gasteiger partial charge in [-0.15, -0.1) is 0 Å². The molecule has 0 radical (unpaired) electrons. The summed E-state index contributed by atoms with van der Waals surface area (Å²) in [4.78, 5) is 0.342. The fourth-order valence-electron chi connectivity index (χ4n) is 1.68. The van der Waals surface area contributed by atoms with Crippen LogP contribution in [0.3, 0.4) is 0 Å². The number of thiocarbonyl (C=S) groups is 1. The van der Waals surface area contributed by atoms with Crippen LogP contribution >= 0.6 is 39.7 Å². The van der Waals surface area contributed by atoms with Crippen molar-refractivity contribution in [3.8, 4) is 0 Å². The number of halogens is 2. The molecule has 0 aliphatic heterocycles. The molecule has 0 aromatic heterocycles. The van der Waals surface area contributed by atoms with Crippen LogP contribution in [0.5, 0.6) is 0 Å². The van der Waals surface area contributed by atoms with Crippen molar-refractivity contribution in [3.63, 3.8) is 0 Å². The topological polar surface area (TPSA) is 35.2 Å². The average Bonchev–Trinajstić information content (AvgIpc) is 2.42. The minimum absolute atomic E-state index is 0.342. The van der Waals surface area contributed by atoms with Gasteiger partial charge in [0.15, 0.2) is 0 Å². The van der Waals surface area contributed by atoms with E-state index in [4.69, 9.17) is 34.3 Å². The van der Waals surface area contributed by atoms with Gasteiger partial charge in [-0.1, -0.05) is 64.0 Å². The number of ether oxygens (including phenoxy) is 1. The molecule has 0 heterocycles. The molecular formula is C15H13BrClNOS. The van der Waals surface area contributed by atoms with Crippen LogP contribution in [0.2, 0.25) is 5.02 Å². The highest BCUT2D eigenvalue weighted by Gasteiger charge is 2.04. The molecular weight excluding hydrogens is 358 g/mol. The Hall–Kier alpha value is -0.940. The van der Waals surface area contributed by atoms with Gasteiger partial charge in [-0.25, -0.2) is 0 Å². The fraction of sp³-hybridized carbons (Fsp3) is 0.133. The molecule has 2 aromatic carbocycles. The maximum atomic E-state index is 6.17. The zero-order chi connectivity index (χ0) is 14.5. The summed E-state index contributed by atoms with van der Waals surface area (Å²) in [6.45, 7) is 0.993. The number of nitrogens with two attached hydrogens (primary N) is 1. The van der Waals surface area contributed by atoms with Gasteiger partial charge >= 0.3 is 0 Å². The van der Waals surface area contributed by atoms with Gasteiger partial charge < -0.3 is 10.5 Å². The molecule has 2 nitrogen and oxygen atoms in total. The second-order valence-electron chi connectivity index (χ2n) is 4.29. The summed E-state index contributed by atoms with van der Waals surface area (Å²) in [7, 11) is 0. The third-order valence-corrected chi connectivity index (χ3v) is 3.89. The highest BCUT2D eigenvalue weighted by molar-refractivity contribution is 9.10. The molecule has 0 amide bonds. The standard InChI is InChI=1S/C15H13BrClNOS/c16-13-5-1-10(2-6-13)8-19-9-12-4-3-11(15(18)20)7-14(12)17/h1-7H,8-9H2,(H2,18,20). The Bertz CT molecular complexity index is 616. The largest absolute Gasteiger partial charge is 0.389 e. The molecule has 0 aliphatic rings. The van der Waals surface area contributed by atoms with Gasteiger partial charge in [-0.3, -0.25) is 0 Å². The third-order valence-electron chi connectivity index (χ3n) is 2.78. The summed E-state index contributed by atoms with van der Waals surface area (Å²) >= 11 is 14.5. The van der Waals surface area contributed by atoms with Gasteiger partial charge in [0.1, 0.15) is 4.99 Å². The van der Waals surface area contributed by atoms with Crippen LogP contribution in [-0.2, 0) is 18.0 Å². The van der Waals surface area contributed by atoms with E-state index in [1.807, 2.05) is 36.4 Å². The minimum Gasteiger partial charge on any atom is -0.389 e. The highest BCUT2D eigenvalue weighted by atomic mass is 79.9. The first-order chi connectivity index (χ1) is 9.56. The molecule has 0 atom stereocenters. The second kappa shape index (κ2) is 7.18. The van der Waals surface area contributed by atoms with Crippen molar-refractivity contribution in [3.05, 3.63) is 68.7 Å². The van der Waals surface area contributed by atoms with E-state index in [9.17, 15) is 0 Å². The first kappa shape index (κ1) is 15.4. The van der Waals surface area contributed by atoms with Gasteiger partial charge in [0.05, 0.1) is 13.2 Å². The van der Waals surface area contributed by atoms with Crippen LogP contribution in [0.4, 0.5) is 0 Å². The predicted molar refractivity (Wildman–Crippen MR) is 90.0 cm³/mol. The number of hydrogen-bond acceptors (Lipinski definition) is 2. The molecule has 0 bridgehead atoms. The molecule has 2 aromatic rings. The van der Waals surface area contributed by atoms with E-state index in [-0.39, 0.29) is 0 Å². The Balaban J connectivity index is 1.94. The van der Waals surface area contributed by atoms with Crippen molar-refractivity contribution in [2.24, 2.45) is 5.73 Å². The highest BCUT2D eigenvalue weighted by Crippen LogP contribution is 2.19. The molecule has 0 saturated heterocycles. The first-order valence-corrected chi connectivity index (χ1v) is 7.54. The van der Waals surface area contributed by atoms with Crippen LogP contribution in [0.15, 0.2) is 46.9 Å². The first-order valence-electron chi connectivity index (χ1n) is 5.96. The molecule has 0 fully saturated rings. The molecule has 104 valence electrons.